The number of benzene rings is 3. The fourth-order valence-corrected chi connectivity index (χ4v) is 5.82. The van der Waals surface area contributed by atoms with Gasteiger partial charge in [-0.05, 0) is 106 Å². The number of carbonyl (C=O) groups is 1. The average molecular weight is 546 g/mol. The van der Waals surface area contributed by atoms with Gasteiger partial charge < -0.3 is 14.0 Å². The Morgan fingerprint density at radius 3 is 2.64 bits per heavy atom. The van der Waals surface area contributed by atoms with Crippen molar-refractivity contribution < 1.29 is 18.8 Å². The summed E-state index contributed by atoms with van der Waals surface area (Å²) in [6.07, 6.45) is 0.485. The Morgan fingerprint density at radius 1 is 1.21 bits per heavy atom. The van der Waals surface area contributed by atoms with Crippen molar-refractivity contribution in [3.05, 3.63) is 81.3 Å². The molecule has 202 valence electrons. The number of ether oxygens (including phenoxy) is 2. The summed E-state index contributed by atoms with van der Waals surface area (Å²) >= 11 is -1.77. The third-order valence-electron chi connectivity index (χ3n) is 6.49. The molecule has 8 nitrogen and oxygen atoms in total. The van der Waals surface area contributed by atoms with Crippen LogP contribution < -0.4 is 9.46 Å². The van der Waals surface area contributed by atoms with E-state index in [4.69, 9.17) is 9.47 Å². The van der Waals surface area contributed by atoms with E-state index in [1.54, 1.807) is 52.0 Å². The molecule has 0 spiro atoms. The van der Waals surface area contributed by atoms with Gasteiger partial charge in [0, 0.05) is 10.7 Å². The van der Waals surface area contributed by atoms with E-state index in [2.05, 4.69) is 16.0 Å². The van der Waals surface area contributed by atoms with E-state index in [1.807, 2.05) is 31.2 Å². The van der Waals surface area contributed by atoms with Crippen LogP contribution in [0.5, 0.6) is 5.75 Å². The minimum Gasteiger partial charge on any atom is -0.588 e. The van der Waals surface area contributed by atoms with Gasteiger partial charge >= 0.3 is 5.91 Å². The molecule has 2 atom stereocenters. The topological polar surface area (TPSA) is 124 Å². The van der Waals surface area contributed by atoms with Gasteiger partial charge in [-0.3, -0.25) is 4.79 Å². The Kier molecular flexibility index (Phi) is 8.40. The molecule has 1 heterocycles. The number of anilines is 1. The van der Waals surface area contributed by atoms with Gasteiger partial charge in [-0.25, -0.2) is 4.72 Å². The maximum Gasteiger partial charge on any atom is 0.319 e. The van der Waals surface area contributed by atoms with Crippen molar-refractivity contribution in [1.82, 2.24) is 0 Å². The lowest BCUT2D eigenvalue weighted by Crippen LogP contribution is -2.28. The predicted octanol–water partition coefficient (Wildman–Crippen LogP) is 6.45. The lowest BCUT2D eigenvalue weighted by atomic mass is 9.86. The third-order valence-corrected chi connectivity index (χ3v) is 7.65. The smallest absolute Gasteiger partial charge is 0.319 e. The van der Waals surface area contributed by atoms with Gasteiger partial charge in [0.2, 0.25) is 0 Å². The number of amides is 1. The minimum atomic E-state index is -1.77. The van der Waals surface area contributed by atoms with E-state index < -0.39 is 29.0 Å². The zero-order chi connectivity index (χ0) is 28.3. The molecular formula is C30H31N3O5S. The van der Waals surface area contributed by atoms with E-state index in [9.17, 15) is 19.5 Å². The molecule has 1 N–H and O–H groups in total. The molecule has 2 unspecified atom stereocenters. The Hall–Kier alpha value is -3.71. The molecule has 1 amide bonds. The molecule has 3 aromatic rings. The lowest BCUT2D eigenvalue weighted by Gasteiger charge is -2.30. The molecule has 39 heavy (non-hydrogen) atoms. The average Bonchev–Trinajstić information content (AvgIpc) is 2.92. The van der Waals surface area contributed by atoms with E-state index in [1.165, 1.54) is 0 Å². The molecule has 0 saturated carbocycles. The van der Waals surface area contributed by atoms with Gasteiger partial charge in [-0.15, -0.1) is 4.91 Å². The summed E-state index contributed by atoms with van der Waals surface area (Å²) in [4.78, 5) is 24.9. The summed E-state index contributed by atoms with van der Waals surface area (Å²) in [5.74, 6) is -0.123. The van der Waals surface area contributed by atoms with Crippen molar-refractivity contribution in [3.63, 3.8) is 0 Å². The van der Waals surface area contributed by atoms with Crippen LogP contribution in [0.1, 0.15) is 61.1 Å². The van der Waals surface area contributed by atoms with Crippen molar-refractivity contribution in [2.75, 3.05) is 11.3 Å². The van der Waals surface area contributed by atoms with Gasteiger partial charge in [-0.2, -0.15) is 5.26 Å². The first-order valence-electron chi connectivity index (χ1n) is 12.7. The molecule has 3 aromatic carbocycles. The van der Waals surface area contributed by atoms with Crippen LogP contribution in [0.25, 0.3) is 11.1 Å². The number of hydrogen-bond acceptors (Lipinski definition) is 7. The van der Waals surface area contributed by atoms with Crippen LogP contribution in [0.2, 0.25) is 0 Å². The summed E-state index contributed by atoms with van der Waals surface area (Å²) in [6, 6.07) is 16.4. The Morgan fingerprint density at radius 2 is 1.95 bits per heavy atom. The van der Waals surface area contributed by atoms with Crippen LogP contribution in [0.15, 0.2) is 58.6 Å². The second-order valence-corrected chi connectivity index (χ2v) is 11.6. The highest BCUT2D eigenvalue weighted by molar-refractivity contribution is 7.92. The molecule has 1 aliphatic rings. The Labute approximate surface area is 231 Å². The highest BCUT2D eigenvalue weighted by Gasteiger charge is 2.34. The first-order valence-corrected chi connectivity index (χ1v) is 13.8. The van der Waals surface area contributed by atoms with Crippen molar-refractivity contribution in [2.24, 2.45) is 5.18 Å². The van der Waals surface area contributed by atoms with E-state index in [0.29, 0.717) is 33.9 Å². The quantitative estimate of drug-likeness (QED) is 0.267. The van der Waals surface area contributed by atoms with Crippen molar-refractivity contribution in [1.29, 1.82) is 5.26 Å². The van der Waals surface area contributed by atoms with Gasteiger partial charge in [-0.1, -0.05) is 18.2 Å². The van der Waals surface area contributed by atoms with Crippen molar-refractivity contribution in [3.8, 4) is 22.9 Å². The third kappa shape index (κ3) is 6.14. The highest BCUT2D eigenvalue weighted by atomic mass is 32.2. The minimum absolute atomic E-state index is 0.292. The number of nitroso groups, excluding NO2 is 1. The molecular weight excluding hydrogens is 514 g/mol. The van der Waals surface area contributed by atoms with E-state index >= 15 is 0 Å². The zero-order valence-electron chi connectivity index (χ0n) is 22.7. The number of rotatable bonds is 7. The first kappa shape index (κ1) is 28.3. The summed E-state index contributed by atoms with van der Waals surface area (Å²) in [7, 11) is 0. The fourth-order valence-electron chi connectivity index (χ4n) is 4.78. The van der Waals surface area contributed by atoms with Crippen LogP contribution >= 0.6 is 0 Å². The number of carbonyl (C=O) groups excluding carboxylic acids is 1. The number of nitriles is 1. The maximum absolute atomic E-state index is 13.3. The second-order valence-electron chi connectivity index (χ2n) is 10.4. The van der Waals surface area contributed by atoms with Gasteiger partial charge in [0.05, 0.1) is 17.9 Å². The molecule has 0 bridgehead atoms. The van der Waals surface area contributed by atoms with Crippen molar-refractivity contribution >= 4 is 23.0 Å². The van der Waals surface area contributed by atoms with Crippen LogP contribution in [0.4, 0.5) is 5.69 Å². The fraction of sp³-hybridized carbons (Fsp3) is 0.333. The molecule has 0 radical (unpaired) electrons. The predicted molar refractivity (Wildman–Crippen MR) is 151 cm³/mol. The molecule has 0 fully saturated rings. The Bertz CT molecular complexity index is 1460. The summed E-state index contributed by atoms with van der Waals surface area (Å²) in [5.41, 5.74) is 4.48. The second kappa shape index (κ2) is 11.6. The summed E-state index contributed by atoms with van der Waals surface area (Å²) in [5, 5.41) is 12.2. The van der Waals surface area contributed by atoms with Crippen LogP contribution in [0.3, 0.4) is 0 Å². The SMILES string of the molecule is Cc1cc(N[S+]([O-])c2ccccc2C#N)c(C)c(C(OC(C)(C)C)C(=O)N=O)c1-c1ccc2c(c1)CCCO2. The lowest BCUT2D eigenvalue weighted by molar-refractivity contribution is -0.139. The van der Waals surface area contributed by atoms with E-state index in [-0.39, 0.29) is 0 Å². The van der Waals surface area contributed by atoms with Crippen LogP contribution in [0, 0.1) is 30.1 Å². The summed E-state index contributed by atoms with van der Waals surface area (Å²) < 4.78 is 28.3. The van der Waals surface area contributed by atoms with Crippen LogP contribution in [-0.2, 0) is 27.3 Å². The first-order chi connectivity index (χ1) is 18.5. The highest BCUT2D eigenvalue weighted by Crippen LogP contribution is 2.43. The van der Waals surface area contributed by atoms with Crippen LogP contribution in [-0.4, -0.2) is 22.7 Å². The largest absolute Gasteiger partial charge is 0.588 e. The van der Waals surface area contributed by atoms with Gasteiger partial charge in [0.1, 0.15) is 28.7 Å². The van der Waals surface area contributed by atoms with E-state index in [0.717, 1.165) is 40.8 Å². The molecule has 1 aliphatic heterocycles. The summed E-state index contributed by atoms with van der Waals surface area (Å²) in [6.45, 7) is 9.73. The number of aryl methyl sites for hydroxylation is 2. The Balaban J connectivity index is 1.92. The van der Waals surface area contributed by atoms with Gasteiger partial charge in [0.25, 0.3) is 0 Å². The molecule has 0 saturated heterocycles. The number of nitrogens with one attached hydrogen (secondary N) is 1. The normalized spacial score (nSPS) is 14.4. The zero-order valence-corrected chi connectivity index (χ0v) is 23.5. The number of nitrogens with zero attached hydrogens (tertiary/aromatic N) is 2. The molecule has 4 rings (SSSR count). The van der Waals surface area contributed by atoms with Crippen molar-refractivity contribution in [2.45, 2.75) is 64.1 Å². The maximum atomic E-state index is 13.3. The number of fused-ring (bicyclic) bond motifs is 1. The standard InChI is InChI=1S/C30H31N3O5S/c1-18-15-23(33-39(36)25-11-7-6-9-22(25)17-31)19(2)27(28(29(34)32-35)38-30(3,4)5)26(18)21-12-13-24-20(16-21)10-8-14-37-24/h6-7,9,11-13,15-16,28,33H,8,10,14H2,1-5H3. The monoisotopic (exact) mass is 545 g/mol. The molecule has 0 aliphatic carbocycles. The van der Waals surface area contributed by atoms with Gasteiger partial charge in [0.15, 0.2) is 11.0 Å². The molecule has 0 aromatic heterocycles. The molecule has 9 heteroatoms. The number of hydrogen-bond donors (Lipinski definition) is 1.